The quantitative estimate of drug-likeness (QED) is 0.863. The predicted molar refractivity (Wildman–Crippen MR) is 96.3 cm³/mol. The van der Waals surface area contributed by atoms with Gasteiger partial charge < -0.3 is 10.5 Å². The lowest BCUT2D eigenvalue weighted by Gasteiger charge is -2.19. The largest absolute Gasteiger partial charge is 0.494 e. The maximum Gasteiger partial charge on any atom is 0.119 e. The third kappa shape index (κ3) is 3.76. The molecular formula is C21H27NO. The number of fused-ring (bicyclic) bond motifs is 1. The Morgan fingerprint density at radius 1 is 1.04 bits per heavy atom. The van der Waals surface area contributed by atoms with Crippen molar-refractivity contribution in [2.45, 2.75) is 45.4 Å². The molecule has 0 amide bonds. The molecule has 0 saturated heterocycles. The predicted octanol–water partition coefficient (Wildman–Crippen LogP) is 4.30. The zero-order valence-corrected chi connectivity index (χ0v) is 14.3. The van der Waals surface area contributed by atoms with Crippen molar-refractivity contribution in [2.24, 2.45) is 5.73 Å². The molecule has 0 spiro atoms. The van der Waals surface area contributed by atoms with Crippen LogP contribution in [0, 0.1) is 13.8 Å². The minimum Gasteiger partial charge on any atom is -0.494 e. The number of ether oxygens (including phenoxy) is 1. The summed E-state index contributed by atoms with van der Waals surface area (Å²) in [4.78, 5) is 0. The van der Waals surface area contributed by atoms with Crippen LogP contribution < -0.4 is 10.5 Å². The summed E-state index contributed by atoms with van der Waals surface area (Å²) in [5, 5.41) is 0. The van der Waals surface area contributed by atoms with E-state index in [0.29, 0.717) is 19.1 Å². The Labute approximate surface area is 139 Å². The van der Waals surface area contributed by atoms with E-state index < -0.39 is 0 Å². The SMILES string of the molecule is Cc1ccc(C)c(C(CN)CCOc2ccc3c(c2)CCC3)c1. The molecule has 23 heavy (non-hydrogen) atoms. The van der Waals surface area contributed by atoms with Gasteiger partial charge in [0, 0.05) is 0 Å². The molecule has 0 aliphatic heterocycles. The van der Waals surface area contributed by atoms with Gasteiger partial charge in [0.2, 0.25) is 0 Å². The van der Waals surface area contributed by atoms with Gasteiger partial charge in [-0.15, -0.1) is 0 Å². The van der Waals surface area contributed by atoms with Crippen LogP contribution >= 0.6 is 0 Å². The van der Waals surface area contributed by atoms with Crippen LogP contribution in [0.5, 0.6) is 5.75 Å². The van der Waals surface area contributed by atoms with Crippen molar-refractivity contribution in [3.05, 3.63) is 64.2 Å². The van der Waals surface area contributed by atoms with Gasteiger partial charge in [-0.05, 0) is 86.4 Å². The maximum absolute atomic E-state index is 6.02. The Bertz CT molecular complexity index is 678. The highest BCUT2D eigenvalue weighted by molar-refractivity contribution is 5.38. The molecule has 0 radical (unpaired) electrons. The standard InChI is InChI=1S/C21H27NO/c1-15-6-7-16(2)21(12-15)19(14-22)10-11-23-20-9-8-17-4-3-5-18(17)13-20/h6-9,12-13,19H,3-5,10-11,14,22H2,1-2H3. The fraction of sp³-hybridized carbons (Fsp3) is 0.429. The second kappa shape index (κ2) is 7.18. The molecule has 3 rings (SSSR count). The van der Waals surface area contributed by atoms with E-state index in [9.17, 15) is 0 Å². The van der Waals surface area contributed by atoms with Gasteiger partial charge in [-0.1, -0.05) is 29.8 Å². The van der Waals surface area contributed by atoms with Gasteiger partial charge in [-0.25, -0.2) is 0 Å². The Kier molecular flexibility index (Phi) is 5.02. The third-order valence-corrected chi connectivity index (χ3v) is 4.96. The number of rotatable bonds is 6. The fourth-order valence-corrected chi connectivity index (χ4v) is 3.56. The molecule has 1 aliphatic carbocycles. The molecule has 0 bridgehead atoms. The summed E-state index contributed by atoms with van der Waals surface area (Å²) in [7, 11) is 0. The van der Waals surface area contributed by atoms with Crippen LogP contribution in [-0.4, -0.2) is 13.2 Å². The number of benzene rings is 2. The van der Waals surface area contributed by atoms with Gasteiger partial charge in [0.05, 0.1) is 6.61 Å². The van der Waals surface area contributed by atoms with E-state index in [1.54, 1.807) is 0 Å². The second-order valence-corrected chi connectivity index (χ2v) is 6.71. The minimum absolute atomic E-state index is 0.365. The molecule has 0 fully saturated rings. The van der Waals surface area contributed by atoms with Crippen LogP contribution in [0.25, 0.3) is 0 Å². The van der Waals surface area contributed by atoms with Crippen molar-refractivity contribution in [3.63, 3.8) is 0 Å². The van der Waals surface area contributed by atoms with Gasteiger partial charge >= 0.3 is 0 Å². The zero-order valence-electron chi connectivity index (χ0n) is 14.3. The van der Waals surface area contributed by atoms with Crippen molar-refractivity contribution in [1.82, 2.24) is 0 Å². The molecule has 0 saturated carbocycles. The monoisotopic (exact) mass is 309 g/mol. The molecule has 2 aromatic carbocycles. The van der Waals surface area contributed by atoms with E-state index in [2.05, 4.69) is 50.2 Å². The first-order valence-electron chi connectivity index (χ1n) is 8.69. The summed E-state index contributed by atoms with van der Waals surface area (Å²) in [6.45, 7) is 5.68. The number of hydrogen-bond donors (Lipinski definition) is 1. The molecule has 2 N–H and O–H groups in total. The van der Waals surface area contributed by atoms with Gasteiger partial charge in [0.1, 0.15) is 5.75 Å². The van der Waals surface area contributed by atoms with Crippen LogP contribution in [0.1, 0.15) is 46.6 Å². The van der Waals surface area contributed by atoms with E-state index in [0.717, 1.165) is 12.2 Å². The van der Waals surface area contributed by atoms with Crippen LogP contribution in [0.3, 0.4) is 0 Å². The molecule has 1 unspecified atom stereocenters. The molecule has 0 heterocycles. The molecule has 2 nitrogen and oxygen atoms in total. The maximum atomic E-state index is 6.02. The molecule has 122 valence electrons. The lowest BCUT2D eigenvalue weighted by atomic mass is 9.91. The molecule has 1 atom stereocenters. The van der Waals surface area contributed by atoms with Crippen molar-refractivity contribution < 1.29 is 4.74 Å². The average molecular weight is 309 g/mol. The third-order valence-electron chi connectivity index (χ3n) is 4.96. The summed E-state index contributed by atoms with van der Waals surface area (Å²) in [5.41, 5.74) is 13.0. The summed E-state index contributed by atoms with van der Waals surface area (Å²) < 4.78 is 6.00. The summed E-state index contributed by atoms with van der Waals surface area (Å²) in [6, 6.07) is 13.2. The lowest BCUT2D eigenvalue weighted by molar-refractivity contribution is 0.298. The summed E-state index contributed by atoms with van der Waals surface area (Å²) >= 11 is 0. The highest BCUT2D eigenvalue weighted by Crippen LogP contribution is 2.27. The lowest BCUT2D eigenvalue weighted by Crippen LogP contribution is -2.16. The van der Waals surface area contributed by atoms with Crippen LogP contribution in [0.15, 0.2) is 36.4 Å². The molecule has 0 aromatic heterocycles. The zero-order chi connectivity index (χ0) is 16.2. The van der Waals surface area contributed by atoms with Gasteiger partial charge in [0.15, 0.2) is 0 Å². The van der Waals surface area contributed by atoms with E-state index in [1.165, 1.54) is 47.1 Å². The van der Waals surface area contributed by atoms with Crippen molar-refractivity contribution in [1.29, 1.82) is 0 Å². The Morgan fingerprint density at radius 3 is 2.70 bits per heavy atom. The first kappa shape index (κ1) is 16.1. The van der Waals surface area contributed by atoms with Crippen molar-refractivity contribution in [3.8, 4) is 5.75 Å². The van der Waals surface area contributed by atoms with Gasteiger partial charge in [0.25, 0.3) is 0 Å². The Balaban J connectivity index is 1.61. The first-order valence-corrected chi connectivity index (χ1v) is 8.69. The number of aryl methyl sites for hydroxylation is 4. The number of hydrogen-bond acceptors (Lipinski definition) is 2. The van der Waals surface area contributed by atoms with E-state index in [1.807, 2.05) is 0 Å². The van der Waals surface area contributed by atoms with Gasteiger partial charge in [-0.2, -0.15) is 0 Å². The van der Waals surface area contributed by atoms with Crippen LogP contribution in [0.4, 0.5) is 0 Å². The fourth-order valence-electron chi connectivity index (χ4n) is 3.56. The minimum atomic E-state index is 0.365. The van der Waals surface area contributed by atoms with E-state index in [4.69, 9.17) is 10.5 Å². The normalized spacial score (nSPS) is 14.6. The molecular weight excluding hydrogens is 282 g/mol. The first-order chi connectivity index (χ1) is 11.2. The molecule has 1 aliphatic rings. The molecule has 2 heteroatoms. The van der Waals surface area contributed by atoms with Gasteiger partial charge in [-0.3, -0.25) is 0 Å². The van der Waals surface area contributed by atoms with E-state index >= 15 is 0 Å². The highest BCUT2D eigenvalue weighted by Gasteiger charge is 2.14. The van der Waals surface area contributed by atoms with Crippen LogP contribution in [-0.2, 0) is 12.8 Å². The smallest absolute Gasteiger partial charge is 0.119 e. The van der Waals surface area contributed by atoms with Crippen LogP contribution in [0.2, 0.25) is 0 Å². The topological polar surface area (TPSA) is 35.2 Å². The Hall–Kier alpha value is -1.80. The molecule has 2 aromatic rings. The summed E-state index contributed by atoms with van der Waals surface area (Å²) in [6.07, 6.45) is 4.65. The highest BCUT2D eigenvalue weighted by atomic mass is 16.5. The summed E-state index contributed by atoms with van der Waals surface area (Å²) in [5.74, 6) is 1.37. The number of nitrogens with two attached hydrogens (primary N) is 1. The van der Waals surface area contributed by atoms with Crippen molar-refractivity contribution >= 4 is 0 Å². The Morgan fingerprint density at radius 2 is 1.87 bits per heavy atom. The van der Waals surface area contributed by atoms with Crippen molar-refractivity contribution in [2.75, 3.05) is 13.2 Å². The van der Waals surface area contributed by atoms with E-state index in [-0.39, 0.29) is 0 Å². The average Bonchev–Trinajstić information content (AvgIpc) is 3.02. The second-order valence-electron chi connectivity index (χ2n) is 6.71.